The van der Waals surface area contributed by atoms with Crippen molar-refractivity contribution in [2.24, 2.45) is 0 Å². The van der Waals surface area contributed by atoms with Gasteiger partial charge in [0, 0.05) is 13.1 Å². The fourth-order valence-corrected chi connectivity index (χ4v) is 2.98. The van der Waals surface area contributed by atoms with Crippen LogP contribution in [-0.2, 0) is 5.54 Å². The van der Waals surface area contributed by atoms with Crippen LogP contribution in [0.4, 0.5) is 0 Å². The Balaban J connectivity index is 2.60. The second-order valence-corrected chi connectivity index (χ2v) is 5.18. The maximum atomic E-state index is 10.3. The highest BCUT2D eigenvalue weighted by molar-refractivity contribution is 5.39. The molecule has 0 unspecified atom stereocenters. The van der Waals surface area contributed by atoms with E-state index >= 15 is 0 Å². The highest BCUT2D eigenvalue weighted by Gasteiger charge is 2.39. The molecular weight excluding hydrogens is 278 g/mol. The molecule has 0 saturated heterocycles. The third kappa shape index (κ3) is 3.20. The summed E-state index contributed by atoms with van der Waals surface area (Å²) in [7, 11) is 0. The summed E-state index contributed by atoms with van der Waals surface area (Å²) < 4.78 is 0. The van der Waals surface area contributed by atoms with Crippen LogP contribution in [-0.4, -0.2) is 53.1 Å². The molecule has 0 atom stereocenters. The van der Waals surface area contributed by atoms with E-state index in [-0.39, 0.29) is 19.8 Å². The van der Waals surface area contributed by atoms with E-state index < -0.39 is 5.54 Å². The quantitative estimate of drug-likeness (QED) is 0.686. The Kier molecular flexibility index (Phi) is 6.10. The molecule has 118 valence electrons. The highest BCUT2D eigenvalue weighted by atomic mass is 16.3. The molecule has 0 bridgehead atoms. The maximum absolute atomic E-state index is 10.3. The van der Waals surface area contributed by atoms with Crippen molar-refractivity contribution in [3.05, 3.63) is 71.8 Å². The Hall–Kier alpha value is -1.72. The van der Waals surface area contributed by atoms with Crippen molar-refractivity contribution in [2.75, 3.05) is 32.9 Å². The van der Waals surface area contributed by atoms with Gasteiger partial charge in [0.2, 0.25) is 0 Å². The molecule has 0 saturated carbocycles. The van der Waals surface area contributed by atoms with Crippen LogP contribution >= 0.6 is 0 Å². The van der Waals surface area contributed by atoms with Crippen molar-refractivity contribution < 1.29 is 15.3 Å². The Bertz CT molecular complexity index is 499. The average Bonchev–Trinajstić information content (AvgIpc) is 2.58. The van der Waals surface area contributed by atoms with E-state index in [1.165, 1.54) is 0 Å². The molecule has 22 heavy (non-hydrogen) atoms. The van der Waals surface area contributed by atoms with Gasteiger partial charge in [0.05, 0.1) is 25.4 Å². The molecule has 0 heterocycles. The fraction of sp³-hybridized carbons (Fsp3) is 0.333. The van der Waals surface area contributed by atoms with Crippen LogP contribution in [0.2, 0.25) is 0 Å². The van der Waals surface area contributed by atoms with E-state index in [1.54, 1.807) is 0 Å². The van der Waals surface area contributed by atoms with Crippen LogP contribution in [0.15, 0.2) is 60.7 Å². The largest absolute Gasteiger partial charge is 0.395 e. The second-order valence-electron chi connectivity index (χ2n) is 5.18. The fourth-order valence-electron chi connectivity index (χ4n) is 2.98. The lowest BCUT2D eigenvalue weighted by Crippen LogP contribution is -2.52. The standard InChI is InChI=1S/C18H23NO3/c20-13-11-19(12-14-21)18(15-22,16-7-3-1-4-8-16)17-9-5-2-6-10-17/h1-10,20-22H,11-15H2. The Morgan fingerprint density at radius 3 is 1.41 bits per heavy atom. The zero-order chi connectivity index (χ0) is 15.8. The predicted octanol–water partition coefficient (Wildman–Crippen LogP) is 1.21. The average molecular weight is 301 g/mol. The van der Waals surface area contributed by atoms with E-state index in [4.69, 9.17) is 0 Å². The molecule has 4 nitrogen and oxygen atoms in total. The molecule has 0 amide bonds. The molecule has 0 spiro atoms. The first-order valence-electron chi connectivity index (χ1n) is 7.48. The van der Waals surface area contributed by atoms with Crippen LogP contribution in [0, 0.1) is 0 Å². The summed E-state index contributed by atoms with van der Waals surface area (Å²) in [4.78, 5) is 1.93. The van der Waals surface area contributed by atoms with Crippen LogP contribution in [0.3, 0.4) is 0 Å². The summed E-state index contributed by atoms with van der Waals surface area (Å²) in [6, 6.07) is 19.4. The number of nitrogens with zero attached hydrogens (tertiary/aromatic N) is 1. The van der Waals surface area contributed by atoms with Crippen molar-refractivity contribution >= 4 is 0 Å². The third-order valence-electron chi connectivity index (χ3n) is 4.01. The minimum absolute atomic E-state index is 0.0403. The van der Waals surface area contributed by atoms with E-state index in [9.17, 15) is 15.3 Å². The van der Waals surface area contributed by atoms with Gasteiger partial charge in [-0.25, -0.2) is 0 Å². The van der Waals surface area contributed by atoms with Crippen LogP contribution in [0.1, 0.15) is 11.1 Å². The zero-order valence-electron chi connectivity index (χ0n) is 12.6. The number of aliphatic hydroxyl groups excluding tert-OH is 3. The SMILES string of the molecule is OCCN(CCO)C(CO)(c1ccccc1)c1ccccc1. The molecule has 0 aromatic heterocycles. The monoisotopic (exact) mass is 301 g/mol. The lowest BCUT2D eigenvalue weighted by atomic mass is 9.81. The molecule has 0 aliphatic rings. The summed E-state index contributed by atoms with van der Waals surface area (Å²) in [5.74, 6) is 0. The van der Waals surface area contributed by atoms with Gasteiger partial charge < -0.3 is 15.3 Å². The molecule has 0 aliphatic carbocycles. The summed E-state index contributed by atoms with van der Waals surface area (Å²) in [6.45, 7) is 0.514. The smallest absolute Gasteiger partial charge is 0.0951 e. The number of hydrogen-bond donors (Lipinski definition) is 3. The first kappa shape index (κ1) is 16.6. The Morgan fingerprint density at radius 2 is 1.09 bits per heavy atom. The van der Waals surface area contributed by atoms with Gasteiger partial charge in [-0.1, -0.05) is 60.7 Å². The van der Waals surface area contributed by atoms with Gasteiger partial charge in [0.1, 0.15) is 0 Å². The second kappa shape index (κ2) is 8.06. The molecule has 0 radical (unpaired) electrons. The molecule has 0 aliphatic heterocycles. The van der Waals surface area contributed by atoms with Gasteiger partial charge in [-0.15, -0.1) is 0 Å². The minimum Gasteiger partial charge on any atom is -0.395 e. The maximum Gasteiger partial charge on any atom is 0.0951 e. The first-order chi connectivity index (χ1) is 10.8. The molecule has 2 aromatic rings. The summed E-state index contributed by atoms with van der Waals surface area (Å²) in [5.41, 5.74) is 1.09. The number of rotatable bonds is 8. The molecular formula is C18H23NO3. The van der Waals surface area contributed by atoms with Gasteiger partial charge in [0.25, 0.3) is 0 Å². The van der Waals surface area contributed by atoms with Gasteiger partial charge in [-0.2, -0.15) is 0 Å². The molecule has 4 heteroatoms. The van der Waals surface area contributed by atoms with Crippen LogP contribution in [0.5, 0.6) is 0 Å². The van der Waals surface area contributed by atoms with E-state index in [1.807, 2.05) is 65.6 Å². The molecule has 2 rings (SSSR count). The Morgan fingerprint density at radius 1 is 0.682 bits per heavy atom. The van der Waals surface area contributed by atoms with Crippen molar-refractivity contribution in [1.82, 2.24) is 4.90 Å². The minimum atomic E-state index is -0.784. The van der Waals surface area contributed by atoms with E-state index in [0.717, 1.165) is 11.1 Å². The van der Waals surface area contributed by atoms with Gasteiger partial charge in [-0.05, 0) is 11.1 Å². The normalized spacial score (nSPS) is 11.8. The van der Waals surface area contributed by atoms with Crippen molar-refractivity contribution in [2.45, 2.75) is 5.54 Å². The van der Waals surface area contributed by atoms with Crippen molar-refractivity contribution in [3.8, 4) is 0 Å². The molecule has 2 aromatic carbocycles. The van der Waals surface area contributed by atoms with Crippen molar-refractivity contribution in [1.29, 1.82) is 0 Å². The number of hydrogen-bond acceptors (Lipinski definition) is 4. The van der Waals surface area contributed by atoms with Gasteiger partial charge >= 0.3 is 0 Å². The van der Waals surface area contributed by atoms with Crippen LogP contribution in [0.25, 0.3) is 0 Å². The molecule has 3 N–H and O–H groups in total. The first-order valence-corrected chi connectivity index (χ1v) is 7.48. The predicted molar refractivity (Wildman–Crippen MR) is 86.5 cm³/mol. The van der Waals surface area contributed by atoms with Crippen LogP contribution < -0.4 is 0 Å². The third-order valence-corrected chi connectivity index (χ3v) is 4.01. The summed E-state index contributed by atoms with van der Waals surface area (Å²) in [5, 5.41) is 29.1. The number of aliphatic hydroxyl groups is 3. The Labute approximate surface area is 131 Å². The van der Waals surface area contributed by atoms with Gasteiger partial charge in [-0.3, -0.25) is 4.90 Å². The summed E-state index contributed by atoms with van der Waals surface area (Å²) >= 11 is 0. The lowest BCUT2D eigenvalue weighted by Gasteiger charge is -2.43. The highest BCUT2D eigenvalue weighted by Crippen LogP contribution is 2.35. The van der Waals surface area contributed by atoms with Gasteiger partial charge in [0.15, 0.2) is 0 Å². The van der Waals surface area contributed by atoms with Crippen molar-refractivity contribution in [3.63, 3.8) is 0 Å². The number of benzene rings is 2. The lowest BCUT2D eigenvalue weighted by molar-refractivity contribution is 0.0311. The molecule has 0 fully saturated rings. The zero-order valence-corrected chi connectivity index (χ0v) is 12.6. The topological polar surface area (TPSA) is 63.9 Å². The van der Waals surface area contributed by atoms with E-state index in [0.29, 0.717) is 13.1 Å². The summed E-state index contributed by atoms with van der Waals surface area (Å²) in [6.07, 6.45) is 0. The van der Waals surface area contributed by atoms with E-state index in [2.05, 4.69) is 0 Å².